The lowest BCUT2D eigenvalue weighted by Crippen LogP contribution is -2.38. The molecule has 1 amide bonds. The number of rotatable bonds is 4. The molecule has 136 valence electrons. The van der Waals surface area contributed by atoms with Crippen LogP contribution in [0.4, 0.5) is 0 Å². The van der Waals surface area contributed by atoms with Gasteiger partial charge in [-0.1, -0.05) is 19.1 Å². The average Bonchev–Trinajstić information content (AvgIpc) is 3.24. The zero-order valence-corrected chi connectivity index (χ0v) is 15.4. The number of furan rings is 1. The fourth-order valence-corrected chi connectivity index (χ4v) is 3.85. The van der Waals surface area contributed by atoms with Crippen LogP contribution in [0.3, 0.4) is 0 Å². The molecule has 5 heteroatoms. The Morgan fingerprint density at radius 1 is 1.31 bits per heavy atom. The summed E-state index contributed by atoms with van der Waals surface area (Å²) in [4.78, 5) is 22.7. The minimum absolute atomic E-state index is 0.0231. The Bertz CT molecular complexity index is 883. The van der Waals surface area contributed by atoms with Crippen molar-refractivity contribution in [3.05, 3.63) is 53.2 Å². The highest BCUT2D eigenvalue weighted by molar-refractivity contribution is 5.91. The van der Waals surface area contributed by atoms with Gasteiger partial charge in [0.1, 0.15) is 11.6 Å². The number of amides is 1. The van der Waals surface area contributed by atoms with Crippen LogP contribution >= 0.6 is 0 Å². The Morgan fingerprint density at radius 2 is 2.08 bits per heavy atom. The van der Waals surface area contributed by atoms with E-state index in [4.69, 9.17) is 4.42 Å². The van der Waals surface area contributed by atoms with Crippen molar-refractivity contribution in [2.24, 2.45) is 5.92 Å². The lowest BCUT2D eigenvalue weighted by Gasteiger charge is -2.31. The Labute approximate surface area is 153 Å². The maximum absolute atomic E-state index is 12.7. The quantitative estimate of drug-likeness (QED) is 0.769. The molecule has 1 aliphatic rings. The maximum atomic E-state index is 12.7. The number of aromatic amines is 1. The highest BCUT2D eigenvalue weighted by atomic mass is 16.4. The summed E-state index contributed by atoms with van der Waals surface area (Å²) in [7, 11) is 0. The number of likely N-dealkylation sites (tertiary alicyclic amines) is 1. The van der Waals surface area contributed by atoms with Crippen molar-refractivity contribution in [1.82, 2.24) is 14.9 Å². The average molecular weight is 351 g/mol. The van der Waals surface area contributed by atoms with Crippen LogP contribution in [0.1, 0.15) is 47.5 Å². The van der Waals surface area contributed by atoms with Gasteiger partial charge in [0.05, 0.1) is 11.0 Å². The molecule has 0 atom stereocenters. The van der Waals surface area contributed by atoms with E-state index in [0.29, 0.717) is 11.7 Å². The molecule has 3 aromatic rings. The number of imidazole rings is 1. The SMILES string of the molecule is CCc1oc(C(=O)N2CCC(Cc3nc4ccccc4[nH]3)CC2)cc1C. The number of carbonyl (C=O) groups excluding carboxylic acids is 1. The van der Waals surface area contributed by atoms with Crippen LogP contribution in [-0.2, 0) is 12.8 Å². The van der Waals surface area contributed by atoms with Crippen LogP contribution in [0.15, 0.2) is 34.7 Å². The molecule has 0 aliphatic carbocycles. The number of para-hydroxylation sites is 2. The van der Waals surface area contributed by atoms with E-state index in [9.17, 15) is 4.79 Å². The molecule has 1 aliphatic heterocycles. The lowest BCUT2D eigenvalue weighted by molar-refractivity contribution is 0.0656. The lowest BCUT2D eigenvalue weighted by atomic mass is 9.93. The van der Waals surface area contributed by atoms with Crippen molar-refractivity contribution in [2.45, 2.75) is 39.5 Å². The number of piperidine rings is 1. The van der Waals surface area contributed by atoms with E-state index in [2.05, 4.69) is 16.0 Å². The van der Waals surface area contributed by atoms with Gasteiger partial charge in [0.2, 0.25) is 0 Å². The van der Waals surface area contributed by atoms with E-state index in [0.717, 1.165) is 67.0 Å². The molecule has 0 saturated carbocycles. The molecule has 1 saturated heterocycles. The molecular formula is C21H25N3O2. The van der Waals surface area contributed by atoms with Crippen LogP contribution in [0.5, 0.6) is 0 Å². The van der Waals surface area contributed by atoms with Gasteiger partial charge in [-0.2, -0.15) is 0 Å². The zero-order valence-electron chi connectivity index (χ0n) is 15.4. The normalized spacial score (nSPS) is 15.7. The van der Waals surface area contributed by atoms with E-state index < -0.39 is 0 Å². The third kappa shape index (κ3) is 3.26. The topological polar surface area (TPSA) is 62.1 Å². The molecule has 0 radical (unpaired) electrons. The second kappa shape index (κ2) is 6.98. The van der Waals surface area contributed by atoms with Gasteiger partial charge >= 0.3 is 0 Å². The number of fused-ring (bicyclic) bond motifs is 1. The molecule has 1 fully saturated rings. The second-order valence-corrected chi connectivity index (χ2v) is 7.21. The molecule has 1 N–H and O–H groups in total. The predicted octanol–water partition coefficient (Wildman–Crippen LogP) is 4.12. The summed E-state index contributed by atoms with van der Waals surface area (Å²) in [5.41, 5.74) is 3.18. The van der Waals surface area contributed by atoms with E-state index >= 15 is 0 Å². The molecular weight excluding hydrogens is 326 g/mol. The number of carbonyl (C=O) groups is 1. The largest absolute Gasteiger partial charge is 0.456 e. The number of hydrogen-bond donors (Lipinski definition) is 1. The highest BCUT2D eigenvalue weighted by Crippen LogP contribution is 2.24. The van der Waals surface area contributed by atoms with E-state index in [1.807, 2.05) is 43.0 Å². The van der Waals surface area contributed by atoms with Gasteiger partial charge in [0, 0.05) is 25.9 Å². The number of aryl methyl sites for hydroxylation is 2. The summed E-state index contributed by atoms with van der Waals surface area (Å²) < 4.78 is 5.73. The first kappa shape index (κ1) is 16.9. The molecule has 4 rings (SSSR count). The van der Waals surface area contributed by atoms with Crippen molar-refractivity contribution in [1.29, 1.82) is 0 Å². The summed E-state index contributed by atoms with van der Waals surface area (Å²) in [6, 6.07) is 10.0. The van der Waals surface area contributed by atoms with Crippen molar-refractivity contribution in [3.8, 4) is 0 Å². The first-order chi connectivity index (χ1) is 12.6. The number of benzene rings is 1. The third-order valence-corrected chi connectivity index (χ3v) is 5.37. The summed E-state index contributed by atoms with van der Waals surface area (Å²) in [5, 5.41) is 0. The minimum atomic E-state index is 0.0231. The molecule has 3 heterocycles. The van der Waals surface area contributed by atoms with Gasteiger partial charge in [-0.3, -0.25) is 4.79 Å². The van der Waals surface area contributed by atoms with Crippen molar-refractivity contribution in [2.75, 3.05) is 13.1 Å². The minimum Gasteiger partial charge on any atom is -0.456 e. The van der Waals surface area contributed by atoms with Gasteiger partial charge in [0.15, 0.2) is 5.76 Å². The van der Waals surface area contributed by atoms with Crippen molar-refractivity contribution >= 4 is 16.9 Å². The molecule has 26 heavy (non-hydrogen) atoms. The Kier molecular flexibility index (Phi) is 4.53. The summed E-state index contributed by atoms with van der Waals surface area (Å²) in [6.07, 6.45) is 3.77. The van der Waals surface area contributed by atoms with E-state index in [1.54, 1.807) is 0 Å². The fourth-order valence-electron chi connectivity index (χ4n) is 3.85. The third-order valence-electron chi connectivity index (χ3n) is 5.37. The molecule has 5 nitrogen and oxygen atoms in total. The Morgan fingerprint density at radius 3 is 2.77 bits per heavy atom. The van der Waals surface area contributed by atoms with Gasteiger partial charge < -0.3 is 14.3 Å². The van der Waals surface area contributed by atoms with Crippen molar-refractivity contribution < 1.29 is 9.21 Å². The van der Waals surface area contributed by atoms with E-state index in [1.165, 1.54) is 0 Å². The van der Waals surface area contributed by atoms with Gasteiger partial charge in [0.25, 0.3) is 5.91 Å². The van der Waals surface area contributed by atoms with Crippen LogP contribution in [0.25, 0.3) is 11.0 Å². The van der Waals surface area contributed by atoms with Crippen LogP contribution < -0.4 is 0 Å². The van der Waals surface area contributed by atoms with Crippen LogP contribution in [0, 0.1) is 12.8 Å². The first-order valence-corrected chi connectivity index (χ1v) is 9.46. The number of aromatic nitrogens is 2. The van der Waals surface area contributed by atoms with Crippen molar-refractivity contribution in [3.63, 3.8) is 0 Å². The number of H-pyrrole nitrogens is 1. The highest BCUT2D eigenvalue weighted by Gasteiger charge is 2.26. The molecule has 0 spiro atoms. The standard InChI is InChI=1S/C21H25N3O2/c1-3-18-14(2)12-19(26-18)21(25)24-10-8-15(9-11-24)13-20-22-16-6-4-5-7-17(16)23-20/h4-7,12,15H,3,8-11,13H2,1-2H3,(H,22,23). The van der Waals surface area contributed by atoms with Gasteiger partial charge in [-0.05, 0) is 49.4 Å². The van der Waals surface area contributed by atoms with Gasteiger partial charge in [-0.25, -0.2) is 4.98 Å². The Balaban J connectivity index is 1.36. The molecule has 1 aromatic carbocycles. The van der Waals surface area contributed by atoms with Gasteiger partial charge in [-0.15, -0.1) is 0 Å². The predicted molar refractivity (Wildman–Crippen MR) is 101 cm³/mol. The summed E-state index contributed by atoms with van der Waals surface area (Å²) in [6.45, 7) is 5.61. The number of nitrogens with zero attached hydrogens (tertiary/aromatic N) is 2. The van der Waals surface area contributed by atoms with Crippen LogP contribution in [-0.4, -0.2) is 33.9 Å². The summed E-state index contributed by atoms with van der Waals surface area (Å²) in [5.74, 6) is 3.02. The maximum Gasteiger partial charge on any atom is 0.289 e. The molecule has 0 bridgehead atoms. The zero-order chi connectivity index (χ0) is 18.1. The molecule has 2 aromatic heterocycles. The second-order valence-electron chi connectivity index (χ2n) is 7.21. The molecule has 0 unspecified atom stereocenters. The van der Waals surface area contributed by atoms with Crippen LogP contribution in [0.2, 0.25) is 0 Å². The monoisotopic (exact) mass is 351 g/mol. The Hall–Kier alpha value is -2.56. The summed E-state index contributed by atoms with van der Waals surface area (Å²) >= 11 is 0. The van der Waals surface area contributed by atoms with E-state index in [-0.39, 0.29) is 5.91 Å². The number of nitrogens with one attached hydrogen (secondary N) is 1. The first-order valence-electron chi connectivity index (χ1n) is 9.46. The fraction of sp³-hybridized carbons (Fsp3) is 0.429. The smallest absolute Gasteiger partial charge is 0.289 e. The number of hydrogen-bond acceptors (Lipinski definition) is 3.